The Hall–Kier alpha value is -0.620. The van der Waals surface area contributed by atoms with Crippen LogP contribution in [0.4, 0.5) is 0 Å². The number of aromatic nitrogens is 1. The first-order valence-corrected chi connectivity index (χ1v) is 8.56. The van der Waals surface area contributed by atoms with Crippen LogP contribution in [-0.4, -0.2) is 33.7 Å². The second-order valence-electron chi connectivity index (χ2n) is 5.20. The molecule has 19 heavy (non-hydrogen) atoms. The lowest BCUT2D eigenvalue weighted by Gasteiger charge is -2.24. The van der Waals surface area contributed by atoms with Crippen molar-refractivity contribution in [3.8, 4) is 0 Å². The molecule has 0 saturated carbocycles. The zero-order chi connectivity index (χ0) is 13.3. The molecule has 2 unspecified atom stereocenters. The Bertz CT molecular complexity index is 563. The van der Waals surface area contributed by atoms with E-state index in [9.17, 15) is 5.11 Å². The first-order valence-electron chi connectivity index (χ1n) is 6.53. The predicted octanol–water partition coefficient (Wildman–Crippen LogP) is 2.81. The number of nitrogens with one attached hydrogen (secondary N) is 1. The van der Waals surface area contributed by atoms with Gasteiger partial charge in [-0.1, -0.05) is 0 Å². The molecule has 2 aromatic heterocycles. The van der Waals surface area contributed by atoms with E-state index in [1.54, 1.807) is 11.3 Å². The molecule has 3 heterocycles. The van der Waals surface area contributed by atoms with Crippen LogP contribution in [0.2, 0.25) is 0 Å². The van der Waals surface area contributed by atoms with Gasteiger partial charge in [-0.05, 0) is 42.2 Å². The predicted molar refractivity (Wildman–Crippen MR) is 82.9 cm³/mol. The highest BCUT2D eigenvalue weighted by atomic mass is 32.2. The summed E-state index contributed by atoms with van der Waals surface area (Å²) >= 11 is 3.55. The van der Waals surface area contributed by atoms with Crippen molar-refractivity contribution in [1.29, 1.82) is 0 Å². The van der Waals surface area contributed by atoms with Gasteiger partial charge in [0.15, 0.2) is 0 Å². The van der Waals surface area contributed by atoms with Gasteiger partial charge < -0.3 is 10.4 Å². The van der Waals surface area contributed by atoms with Crippen LogP contribution in [0.5, 0.6) is 0 Å². The van der Waals surface area contributed by atoms with Crippen LogP contribution in [0.3, 0.4) is 0 Å². The summed E-state index contributed by atoms with van der Waals surface area (Å²) in [4.78, 5) is 4.46. The van der Waals surface area contributed by atoms with Gasteiger partial charge in [0, 0.05) is 24.5 Å². The Balaban J connectivity index is 1.67. The smallest absolute Gasteiger partial charge is 0.0869 e. The zero-order valence-corrected chi connectivity index (χ0v) is 12.6. The van der Waals surface area contributed by atoms with Crippen molar-refractivity contribution in [1.82, 2.24) is 10.3 Å². The topological polar surface area (TPSA) is 45.1 Å². The van der Waals surface area contributed by atoms with E-state index in [2.05, 4.69) is 28.7 Å². The maximum atomic E-state index is 10.3. The van der Waals surface area contributed by atoms with Crippen molar-refractivity contribution in [2.75, 3.05) is 18.1 Å². The van der Waals surface area contributed by atoms with Crippen LogP contribution in [-0.2, 0) is 0 Å². The molecular formula is C14H18N2OS2. The molecule has 0 spiro atoms. The van der Waals surface area contributed by atoms with Gasteiger partial charge in [0.1, 0.15) is 0 Å². The average molecular weight is 294 g/mol. The number of pyridine rings is 1. The van der Waals surface area contributed by atoms with Gasteiger partial charge in [-0.25, -0.2) is 0 Å². The quantitative estimate of drug-likeness (QED) is 0.910. The van der Waals surface area contributed by atoms with Crippen molar-refractivity contribution >= 4 is 33.3 Å². The summed E-state index contributed by atoms with van der Waals surface area (Å²) in [6.45, 7) is 2.78. The molecule has 0 aromatic carbocycles. The van der Waals surface area contributed by atoms with Gasteiger partial charge in [-0.3, -0.25) is 4.98 Å². The van der Waals surface area contributed by atoms with E-state index in [4.69, 9.17) is 0 Å². The van der Waals surface area contributed by atoms with Gasteiger partial charge in [0.25, 0.3) is 0 Å². The van der Waals surface area contributed by atoms with E-state index in [0.29, 0.717) is 6.54 Å². The normalized spacial score (nSPS) is 24.9. The molecule has 1 aliphatic heterocycles. The highest BCUT2D eigenvalue weighted by Gasteiger charge is 2.31. The molecule has 2 atom stereocenters. The lowest BCUT2D eigenvalue weighted by atomic mass is 10.0. The molecule has 0 amide bonds. The fraction of sp³-hybridized carbons (Fsp3) is 0.500. The number of thiophene rings is 1. The summed E-state index contributed by atoms with van der Waals surface area (Å²) < 4.78 is 1.22. The number of aliphatic hydroxyl groups is 1. The fourth-order valence-corrected chi connectivity index (χ4v) is 4.38. The largest absolute Gasteiger partial charge is 0.388 e. The van der Waals surface area contributed by atoms with Gasteiger partial charge >= 0.3 is 0 Å². The number of rotatable bonds is 4. The third-order valence-corrected chi connectivity index (χ3v) is 5.73. The zero-order valence-electron chi connectivity index (χ0n) is 10.9. The average Bonchev–Trinajstić information content (AvgIpc) is 3.04. The van der Waals surface area contributed by atoms with Crippen LogP contribution in [0.15, 0.2) is 23.7 Å². The summed E-state index contributed by atoms with van der Waals surface area (Å²) in [5, 5.41) is 15.8. The Morgan fingerprint density at radius 2 is 2.47 bits per heavy atom. The van der Waals surface area contributed by atoms with E-state index in [1.807, 2.05) is 24.0 Å². The van der Waals surface area contributed by atoms with E-state index in [1.165, 1.54) is 10.3 Å². The Morgan fingerprint density at radius 3 is 3.26 bits per heavy atom. The minimum absolute atomic E-state index is 0.216. The number of fused-ring (bicyclic) bond motifs is 1. The maximum absolute atomic E-state index is 10.3. The van der Waals surface area contributed by atoms with E-state index < -0.39 is 5.60 Å². The van der Waals surface area contributed by atoms with Gasteiger partial charge in [-0.15, -0.1) is 11.3 Å². The third-order valence-electron chi connectivity index (χ3n) is 3.64. The molecule has 1 saturated heterocycles. The standard InChI is InChI=1S/C14H18N2OS2/c1-10(16-8-14(17)3-5-18-9-14)11-6-13-12(15-7-11)2-4-19-13/h2,4,6-7,10,16-17H,3,5,8-9H2,1H3. The third kappa shape index (κ3) is 2.94. The minimum atomic E-state index is -0.528. The molecule has 1 aliphatic rings. The highest BCUT2D eigenvalue weighted by molar-refractivity contribution is 7.99. The molecule has 0 bridgehead atoms. The molecule has 102 valence electrons. The van der Waals surface area contributed by atoms with Crippen molar-refractivity contribution in [2.24, 2.45) is 0 Å². The number of nitrogens with zero attached hydrogens (tertiary/aromatic N) is 1. The van der Waals surface area contributed by atoms with Crippen LogP contribution >= 0.6 is 23.1 Å². The minimum Gasteiger partial charge on any atom is -0.388 e. The Labute approximate surface area is 121 Å². The van der Waals surface area contributed by atoms with Gasteiger partial charge in [0.05, 0.1) is 15.8 Å². The Kier molecular flexibility index (Phi) is 3.80. The molecule has 1 fully saturated rings. The van der Waals surface area contributed by atoms with Crippen LogP contribution in [0, 0.1) is 0 Å². The van der Waals surface area contributed by atoms with Gasteiger partial charge in [0.2, 0.25) is 0 Å². The highest BCUT2D eigenvalue weighted by Crippen LogP contribution is 2.28. The molecule has 2 aromatic rings. The molecule has 5 heteroatoms. The van der Waals surface area contributed by atoms with E-state index in [-0.39, 0.29) is 6.04 Å². The molecule has 0 radical (unpaired) electrons. The summed E-state index contributed by atoms with van der Waals surface area (Å²) in [5.41, 5.74) is 1.72. The maximum Gasteiger partial charge on any atom is 0.0869 e. The lowest BCUT2D eigenvalue weighted by Crippen LogP contribution is -2.41. The Morgan fingerprint density at radius 1 is 1.58 bits per heavy atom. The summed E-state index contributed by atoms with van der Waals surface area (Å²) in [5.74, 6) is 1.91. The van der Waals surface area contributed by atoms with Gasteiger partial charge in [-0.2, -0.15) is 11.8 Å². The molecule has 2 N–H and O–H groups in total. The SMILES string of the molecule is CC(NCC1(O)CCSC1)c1cnc2ccsc2c1. The molecule has 3 rings (SSSR count). The van der Waals surface area contributed by atoms with Crippen molar-refractivity contribution < 1.29 is 5.11 Å². The fourth-order valence-electron chi connectivity index (χ4n) is 2.30. The first-order chi connectivity index (χ1) is 9.16. The van der Waals surface area contributed by atoms with E-state index >= 15 is 0 Å². The van der Waals surface area contributed by atoms with Crippen LogP contribution in [0.1, 0.15) is 24.9 Å². The summed E-state index contributed by atoms with van der Waals surface area (Å²) in [6.07, 6.45) is 2.82. The number of thioether (sulfide) groups is 1. The summed E-state index contributed by atoms with van der Waals surface area (Å²) in [6, 6.07) is 4.45. The second kappa shape index (κ2) is 5.40. The summed E-state index contributed by atoms with van der Waals surface area (Å²) in [7, 11) is 0. The second-order valence-corrected chi connectivity index (χ2v) is 7.26. The van der Waals surface area contributed by atoms with E-state index in [0.717, 1.165) is 23.4 Å². The first kappa shape index (κ1) is 13.4. The molecule has 0 aliphatic carbocycles. The molecular weight excluding hydrogens is 276 g/mol. The lowest BCUT2D eigenvalue weighted by molar-refractivity contribution is 0.0651. The number of hydrogen-bond acceptors (Lipinski definition) is 5. The van der Waals surface area contributed by atoms with Crippen molar-refractivity contribution in [2.45, 2.75) is 25.0 Å². The molecule has 3 nitrogen and oxygen atoms in total. The number of hydrogen-bond donors (Lipinski definition) is 2. The van der Waals surface area contributed by atoms with Crippen LogP contribution in [0.25, 0.3) is 10.2 Å². The monoisotopic (exact) mass is 294 g/mol. The van der Waals surface area contributed by atoms with Crippen molar-refractivity contribution in [3.05, 3.63) is 29.3 Å². The van der Waals surface area contributed by atoms with Crippen molar-refractivity contribution in [3.63, 3.8) is 0 Å². The van der Waals surface area contributed by atoms with Crippen LogP contribution < -0.4 is 5.32 Å².